The molecule has 0 bridgehead atoms. The molecule has 1 rings (SSSR count). The van der Waals surface area contributed by atoms with Gasteiger partial charge >= 0.3 is 0 Å². The fourth-order valence-corrected chi connectivity index (χ4v) is 2.08. The summed E-state index contributed by atoms with van der Waals surface area (Å²) in [6, 6.07) is 0.268. The van der Waals surface area contributed by atoms with Crippen molar-refractivity contribution in [2.75, 3.05) is 26.4 Å². The molecule has 4 heteroatoms. The first-order valence-electron chi connectivity index (χ1n) is 5.77. The van der Waals surface area contributed by atoms with Gasteiger partial charge < -0.3 is 14.7 Å². The molecule has 1 saturated heterocycles. The maximum absolute atomic E-state index is 11.4. The Bertz CT molecular complexity index is 196. The summed E-state index contributed by atoms with van der Waals surface area (Å²) in [7, 11) is 0. The molecule has 0 spiro atoms. The maximum atomic E-state index is 11.4. The number of ether oxygens (including phenoxy) is 1. The molecule has 1 aliphatic rings. The first kappa shape index (κ1) is 12.5. The average Bonchev–Trinajstić information content (AvgIpc) is 2.29. The highest BCUT2D eigenvalue weighted by Crippen LogP contribution is 2.19. The third-order valence-corrected chi connectivity index (χ3v) is 2.88. The van der Waals surface area contributed by atoms with E-state index in [9.17, 15) is 4.79 Å². The molecule has 1 amide bonds. The molecular formula is C11H21NO3. The summed E-state index contributed by atoms with van der Waals surface area (Å²) in [6.07, 6.45) is 4.15. The van der Waals surface area contributed by atoms with Gasteiger partial charge in [-0.25, -0.2) is 0 Å². The molecule has 0 saturated carbocycles. The van der Waals surface area contributed by atoms with E-state index in [2.05, 4.69) is 0 Å². The summed E-state index contributed by atoms with van der Waals surface area (Å²) in [5, 5.41) is 8.85. The summed E-state index contributed by atoms with van der Waals surface area (Å²) in [5.74, 6) is -0.142. The molecule has 0 radical (unpaired) electrons. The van der Waals surface area contributed by atoms with Crippen molar-refractivity contribution in [1.82, 2.24) is 4.90 Å². The highest BCUT2D eigenvalue weighted by molar-refractivity contribution is 5.77. The second kappa shape index (κ2) is 6.80. The van der Waals surface area contributed by atoms with Gasteiger partial charge in [-0.05, 0) is 32.6 Å². The Kier molecular flexibility index (Phi) is 5.65. The monoisotopic (exact) mass is 215 g/mol. The molecule has 15 heavy (non-hydrogen) atoms. The topological polar surface area (TPSA) is 49.8 Å². The fraction of sp³-hybridized carbons (Fsp3) is 0.909. The van der Waals surface area contributed by atoms with Crippen LogP contribution in [0.4, 0.5) is 0 Å². The predicted octanol–water partition coefficient (Wildman–Crippen LogP) is 0.786. The van der Waals surface area contributed by atoms with Crippen molar-refractivity contribution in [1.29, 1.82) is 0 Å². The highest BCUT2D eigenvalue weighted by atomic mass is 16.5. The number of aliphatic hydroxyl groups excluding tert-OH is 1. The predicted molar refractivity (Wildman–Crippen MR) is 57.5 cm³/mol. The van der Waals surface area contributed by atoms with Crippen molar-refractivity contribution in [2.24, 2.45) is 0 Å². The second-order valence-electron chi connectivity index (χ2n) is 3.88. The number of rotatable bonds is 5. The van der Waals surface area contributed by atoms with Crippen LogP contribution in [-0.4, -0.2) is 48.3 Å². The van der Waals surface area contributed by atoms with E-state index in [-0.39, 0.29) is 18.6 Å². The maximum Gasteiger partial charge on any atom is 0.248 e. The molecule has 0 aliphatic carbocycles. The van der Waals surface area contributed by atoms with Crippen molar-refractivity contribution in [2.45, 2.75) is 38.6 Å². The number of piperidine rings is 1. The summed E-state index contributed by atoms with van der Waals surface area (Å²) < 4.78 is 5.30. The average molecular weight is 215 g/mol. The Morgan fingerprint density at radius 1 is 1.53 bits per heavy atom. The summed E-state index contributed by atoms with van der Waals surface area (Å²) in [6.45, 7) is 3.82. The molecule has 0 aromatic rings. The number of hydrogen-bond donors (Lipinski definition) is 1. The zero-order valence-corrected chi connectivity index (χ0v) is 9.45. The van der Waals surface area contributed by atoms with E-state index in [4.69, 9.17) is 9.84 Å². The Morgan fingerprint density at radius 2 is 2.33 bits per heavy atom. The SMILES string of the molecule is CCOCC[C@H]1CCCCN1C(=O)CO. The fourth-order valence-electron chi connectivity index (χ4n) is 2.08. The Morgan fingerprint density at radius 3 is 3.00 bits per heavy atom. The third kappa shape index (κ3) is 3.80. The van der Waals surface area contributed by atoms with Crippen LogP contribution in [0.2, 0.25) is 0 Å². The number of nitrogens with zero attached hydrogens (tertiary/aromatic N) is 1. The van der Waals surface area contributed by atoms with Crippen LogP contribution in [0.25, 0.3) is 0 Å². The van der Waals surface area contributed by atoms with E-state index in [1.54, 1.807) is 0 Å². The van der Waals surface area contributed by atoms with Gasteiger partial charge in [-0.3, -0.25) is 4.79 Å². The van der Waals surface area contributed by atoms with Crippen LogP contribution in [0.5, 0.6) is 0 Å². The van der Waals surface area contributed by atoms with Crippen LogP contribution in [-0.2, 0) is 9.53 Å². The van der Waals surface area contributed by atoms with Gasteiger partial charge in [0.2, 0.25) is 5.91 Å². The van der Waals surface area contributed by atoms with E-state index in [0.717, 1.165) is 32.4 Å². The van der Waals surface area contributed by atoms with E-state index in [1.807, 2.05) is 11.8 Å². The van der Waals surface area contributed by atoms with Gasteiger partial charge in [-0.15, -0.1) is 0 Å². The molecule has 88 valence electrons. The molecule has 0 aromatic heterocycles. The highest BCUT2D eigenvalue weighted by Gasteiger charge is 2.25. The van der Waals surface area contributed by atoms with Gasteiger partial charge in [-0.2, -0.15) is 0 Å². The Hall–Kier alpha value is -0.610. The largest absolute Gasteiger partial charge is 0.387 e. The smallest absolute Gasteiger partial charge is 0.248 e. The van der Waals surface area contributed by atoms with Crippen LogP contribution in [0.3, 0.4) is 0 Å². The minimum absolute atomic E-state index is 0.142. The summed E-state index contributed by atoms with van der Waals surface area (Å²) in [4.78, 5) is 13.3. The van der Waals surface area contributed by atoms with E-state index in [0.29, 0.717) is 6.61 Å². The summed E-state index contributed by atoms with van der Waals surface area (Å²) >= 11 is 0. The van der Waals surface area contributed by atoms with Gasteiger partial charge in [0.05, 0.1) is 0 Å². The van der Waals surface area contributed by atoms with Crippen LogP contribution >= 0.6 is 0 Å². The van der Waals surface area contributed by atoms with Crippen molar-refractivity contribution < 1.29 is 14.6 Å². The van der Waals surface area contributed by atoms with Crippen molar-refractivity contribution in [3.05, 3.63) is 0 Å². The zero-order chi connectivity index (χ0) is 11.1. The number of likely N-dealkylation sites (tertiary alicyclic amines) is 1. The molecule has 1 N–H and O–H groups in total. The van der Waals surface area contributed by atoms with Crippen molar-refractivity contribution in [3.63, 3.8) is 0 Å². The van der Waals surface area contributed by atoms with E-state index < -0.39 is 0 Å². The lowest BCUT2D eigenvalue weighted by Crippen LogP contribution is -2.45. The Labute approximate surface area is 91.2 Å². The standard InChI is InChI=1S/C11H21NO3/c1-2-15-8-6-10-5-3-4-7-12(10)11(14)9-13/h10,13H,2-9H2,1H3/t10-/m1/s1. The quantitative estimate of drug-likeness (QED) is 0.690. The first-order valence-corrected chi connectivity index (χ1v) is 5.77. The van der Waals surface area contributed by atoms with Crippen LogP contribution in [0.1, 0.15) is 32.6 Å². The van der Waals surface area contributed by atoms with Crippen molar-refractivity contribution in [3.8, 4) is 0 Å². The van der Waals surface area contributed by atoms with Gasteiger partial charge in [0, 0.05) is 25.8 Å². The molecule has 1 heterocycles. The number of hydrogen-bond acceptors (Lipinski definition) is 3. The first-order chi connectivity index (χ1) is 7.29. The van der Waals surface area contributed by atoms with Gasteiger partial charge in [0.25, 0.3) is 0 Å². The molecular weight excluding hydrogens is 194 g/mol. The number of carbonyl (C=O) groups is 1. The third-order valence-electron chi connectivity index (χ3n) is 2.88. The van der Waals surface area contributed by atoms with Gasteiger partial charge in [-0.1, -0.05) is 0 Å². The lowest BCUT2D eigenvalue weighted by Gasteiger charge is -2.35. The molecule has 0 unspecified atom stereocenters. The van der Waals surface area contributed by atoms with Gasteiger partial charge in [0.15, 0.2) is 0 Å². The number of aliphatic hydroxyl groups is 1. The van der Waals surface area contributed by atoms with Crippen LogP contribution < -0.4 is 0 Å². The van der Waals surface area contributed by atoms with E-state index >= 15 is 0 Å². The lowest BCUT2D eigenvalue weighted by atomic mass is 9.99. The molecule has 0 aromatic carbocycles. The van der Waals surface area contributed by atoms with Gasteiger partial charge in [0.1, 0.15) is 6.61 Å². The van der Waals surface area contributed by atoms with Crippen LogP contribution in [0, 0.1) is 0 Å². The van der Waals surface area contributed by atoms with Crippen molar-refractivity contribution >= 4 is 5.91 Å². The molecule has 1 aliphatic heterocycles. The van der Waals surface area contributed by atoms with E-state index in [1.165, 1.54) is 6.42 Å². The molecule has 1 atom stereocenters. The zero-order valence-electron chi connectivity index (χ0n) is 9.45. The number of carbonyl (C=O) groups excluding carboxylic acids is 1. The number of amides is 1. The normalized spacial score (nSPS) is 21.7. The molecule has 4 nitrogen and oxygen atoms in total. The molecule has 1 fully saturated rings. The van der Waals surface area contributed by atoms with Crippen LogP contribution in [0.15, 0.2) is 0 Å². The minimum atomic E-state index is -0.370. The Balaban J connectivity index is 2.39. The minimum Gasteiger partial charge on any atom is -0.387 e. The lowest BCUT2D eigenvalue weighted by molar-refractivity contribution is -0.138. The summed E-state index contributed by atoms with van der Waals surface area (Å²) in [5.41, 5.74) is 0. The second-order valence-corrected chi connectivity index (χ2v) is 3.88.